The first-order chi connectivity index (χ1) is 15.8. The van der Waals surface area contributed by atoms with E-state index in [2.05, 4.69) is 4.98 Å². The smallest absolute Gasteiger partial charge is 0.370 e. The average molecular weight is 479 g/mol. The number of carbonyl (C=O) groups is 1. The van der Waals surface area contributed by atoms with Crippen LogP contribution in [0, 0.1) is 5.82 Å². The van der Waals surface area contributed by atoms with Crippen LogP contribution in [0.2, 0.25) is 0 Å². The summed E-state index contributed by atoms with van der Waals surface area (Å²) in [5.74, 6) is -0.638. The fraction of sp³-hybridized carbons (Fsp3) is 0.304. The summed E-state index contributed by atoms with van der Waals surface area (Å²) in [6.45, 7) is -0.210. The van der Waals surface area contributed by atoms with Crippen molar-refractivity contribution in [1.82, 2.24) is 14.5 Å². The molecule has 1 fully saturated rings. The molecular weight excluding hydrogens is 458 g/mol. The lowest BCUT2D eigenvalue weighted by atomic mass is 10.1. The molecule has 0 spiro atoms. The van der Waals surface area contributed by atoms with Gasteiger partial charge in [0.1, 0.15) is 18.5 Å². The number of halogens is 4. The third kappa shape index (κ3) is 5.94. The molecule has 0 aliphatic carbocycles. The van der Waals surface area contributed by atoms with Crippen LogP contribution in [0.1, 0.15) is 11.7 Å². The monoisotopic (exact) mass is 479 g/mol. The second-order valence-electron chi connectivity index (χ2n) is 7.53. The van der Waals surface area contributed by atoms with Gasteiger partial charge in [0, 0.05) is 6.54 Å². The molecule has 5 nitrogen and oxygen atoms in total. The first kappa shape index (κ1) is 23.3. The van der Waals surface area contributed by atoms with E-state index in [1.165, 1.54) is 18.3 Å². The zero-order valence-electron chi connectivity index (χ0n) is 17.5. The molecule has 4 rings (SSSR count). The molecule has 1 unspecified atom stereocenters. The Hall–Kier alpha value is -2.85. The van der Waals surface area contributed by atoms with Gasteiger partial charge in [-0.1, -0.05) is 54.2 Å². The van der Waals surface area contributed by atoms with Crippen molar-refractivity contribution < 1.29 is 27.1 Å². The number of ether oxygens (including phenoxy) is 1. The van der Waals surface area contributed by atoms with Gasteiger partial charge in [-0.05, 0) is 23.3 Å². The summed E-state index contributed by atoms with van der Waals surface area (Å²) in [7, 11) is 0. The van der Waals surface area contributed by atoms with Crippen LogP contribution in [0.3, 0.4) is 0 Å². The van der Waals surface area contributed by atoms with Crippen molar-refractivity contribution in [3.63, 3.8) is 0 Å². The van der Waals surface area contributed by atoms with Crippen LogP contribution in [0.4, 0.5) is 17.6 Å². The van der Waals surface area contributed by atoms with Crippen LogP contribution < -0.4 is 0 Å². The maximum Gasteiger partial charge on any atom is 0.406 e. The van der Waals surface area contributed by atoms with E-state index in [1.54, 1.807) is 47.4 Å². The van der Waals surface area contributed by atoms with Crippen molar-refractivity contribution in [2.45, 2.75) is 24.0 Å². The van der Waals surface area contributed by atoms with Gasteiger partial charge in [-0.2, -0.15) is 13.2 Å². The number of benzene rings is 2. The normalized spacial score (nSPS) is 16.7. The van der Waals surface area contributed by atoms with Crippen molar-refractivity contribution >= 4 is 17.7 Å². The van der Waals surface area contributed by atoms with E-state index in [1.807, 2.05) is 0 Å². The van der Waals surface area contributed by atoms with Crippen molar-refractivity contribution in [3.05, 3.63) is 72.2 Å². The molecule has 3 aromatic rings. The number of hydrogen-bond donors (Lipinski definition) is 0. The molecule has 1 amide bonds. The van der Waals surface area contributed by atoms with Crippen LogP contribution in [-0.4, -0.2) is 52.0 Å². The average Bonchev–Trinajstić information content (AvgIpc) is 3.19. The maximum absolute atomic E-state index is 13.2. The number of thioether (sulfide) groups is 1. The molecule has 1 saturated heterocycles. The molecule has 0 radical (unpaired) electrons. The van der Waals surface area contributed by atoms with E-state index in [0.717, 1.165) is 21.9 Å². The van der Waals surface area contributed by atoms with Crippen LogP contribution >= 0.6 is 11.8 Å². The number of nitrogens with zero attached hydrogens (tertiary/aromatic N) is 3. The molecule has 1 aliphatic rings. The summed E-state index contributed by atoms with van der Waals surface area (Å²) in [5.41, 5.74) is 1.71. The zero-order valence-corrected chi connectivity index (χ0v) is 18.3. The molecule has 0 saturated carbocycles. The third-order valence-corrected chi connectivity index (χ3v) is 6.19. The molecule has 33 heavy (non-hydrogen) atoms. The molecular formula is C23H21F4N3O2S. The molecule has 0 bridgehead atoms. The van der Waals surface area contributed by atoms with Gasteiger partial charge in [0.05, 0.1) is 30.8 Å². The number of imidazole rings is 1. The highest BCUT2D eigenvalue weighted by Gasteiger charge is 2.31. The van der Waals surface area contributed by atoms with Crippen LogP contribution in [0.15, 0.2) is 66.0 Å². The molecule has 1 atom stereocenters. The van der Waals surface area contributed by atoms with Crippen molar-refractivity contribution in [3.8, 4) is 11.3 Å². The Morgan fingerprint density at radius 3 is 2.55 bits per heavy atom. The number of carbonyl (C=O) groups excluding carboxylic acids is 1. The maximum atomic E-state index is 13.2. The summed E-state index contributed by atoms with van der Waals surface area (Å²) < 4.78 is 59.7. The van der Waals surface area contributed by atoms with Gasteiger partial charge in [-0.25, -0.2) is 9.37 Å². The lowest BCUT2D eigenvalue weighted by Crippen LogP contribution is -2.43. The minimum atomic E-state index is -4.43. The van der Waals surface area contributed by atoms with Gasteiger partial charge in [0.2, 0.25) is 5.91 Å². The zero-order chi connectivity index (χ0) is 23.4. The lowest BCUT2D eigenvalue weighted by molar-refractivity contribution is -0.141. The fourth-order valence-corrected chi connectivity index (χ4v) is 4.50. The summed E-state index contributed by atoms with van der Waals surface area (Å²) in [5, 5.41) is 0.128. The van der Waals surface area contributed by atoms with E-state index < -0.39 is 12.7 Å². The van der Waals surface area contributed by atoms with E-state index in [4.69, 9.17) is 4.74 Å². The van der Waals surface area contributed by atoms with Crippen LogP contribution in [-0.2, 0) is 16.1 Å². The Labute approximate surface area is 192 Å². The lowest BCUT2D eigenvalue weighted by Gasteiger charge is -2.33. The van der Waals surface area contributed by atoms with Gasteiger partial charge in [-0.15, -0.1) is 0 Å². The SMILES string of the molecule is O=C(CSc1ncc(-c2ccccc2)n1CC(F)(F)F)N1CCOC(c2ccc(F)cc2)C1. The number of morpholine rings is 1. The molecule has 1 aliphatic heterocycles. The highest BCUT2D eigenvalue weighted by atomic mass is 32.2. The minimum absolute atomic E-state index is 0.0563. The van der Waals surface area contributed by atoms with E-state index in [0.29, 0.717) is 24.4 Å². The Kier molecular flexibility index (Phi) is 7.04. The second kappa shape index (κ2) is 9.96. The second-order valence-corrected chi connectivity index (χ2v) is 8.48. The van der Waals surface area contributed by atoms with Gasteiger partial charge >= 0.3 is 6.18 Å². The third-order valence-electron chi connectivity index (χ3n) is 5.21. The number of amides is 1. The Morgan fingerprint density at radius 2 is 1.85 bits per heavy atom. The number of rotatable bonds is 6. The van der Waals surface area contributed by atoms with Gasteiger partial charge in [0.25, 0.3) is 0 Å². The summed E-state index contributed by atoms with van der Waals surface area (Å²) in [4.78, 5) is 18.6. The van der Waals surface area contributed by atoms with E-state index in [-0.39, 0.29) is 35.3 Å². The highest BCUT2D eigenvalue weighted by molar-refractivity contribution is 7.99. The largest absolute Gasteiger partial charge is 0.406 e. The molecule has 1 aromatic heterocycles. The van der Waals surface area contributed by atoms with E-state index in [9.17, 15) is 22.4 Å². The van der Waals surface area contributed by atoms with Gasteiger partial charge in [-0.3, -0.25) is 4.79 Å². The molecule has 0 N–H and O–H groups in total. The predicted octanol–water partition coefficient (Wildman–Crippen LogP) is 4.94. The molecule has 2 heterocycles. The number of alkyl halides is 3. The first-order valence-corrected chi connectivity index (χ1v) is 11.2. The number of aromatic nitrogens is 2. The van der Waals surface area contributed by atoms with Crippen molar-refractivity contribution in [1.29, 1.82) is 0 Å². The quantitative estimate of drug-likeness (QED) is 0.371. The summed E-state index contributed by atoms with van der Waals surface area (Å²) in [6, 6.07) is 14.6. The Bertz CT molecular complexity index is 1090. The van der Waals surface area contributed by atoms with Gasteiger partial charge in [0.15, 0.2) is 5.16 Å². The first-order valence-electron chi connectivity index (χ1n) is 10.3. The number of hydrogen-bond acceptors (Lipinski definition) is 4. The van der Waals surface area contributed by atoms with Crippen molar-refractivity contribution in [2.24, 2.45) is 0 Å². The Balaban J connectivity index is 1.45. The molecule has 10 heteroatoms. The molecule has 174 valence electrons. The molecule has 2 aromatic carbocycles. The standard InChI is InChI=1S/C23H21F4N3O2S/c24-18-8-6-17(7-9-18)20-13-29(10-11-32-20)21(31)14-33-22-28-12-19(16-4-2-1-3-5-16)30(22)15-23(25,26)27/h1-9,12,20H,10-11,13-15H2. The van der Waals surface area contributed by atoms with Crippen LogP contribution in [0.25, 0.3) is 11.3 Å². The van der Waals surface area contributed by atoms with Gasteiger partial charge < -0.3 is 14.2 Å². The van der Waals surface area contributed by atoms with E-state index >= 15 is 0 Å². The topological polar surface area (TPSA) is 47.4 Å². The summed E-state index contributed by atoms with van der Waals surface area (Å²) in [6.07, 6.45) is -3.42. The van der Waals surface area contributed by atoms with Crippen LogP contribution in [0.5, 0.6) is 0 Å². The fourth-order valence-electron chi connectivity index (χ4n) is 3.62. The summed E-state index contributed by atoms with van der Waals surface area (Å²) >= 11 is 0.974. The Morgan fingerprint density at radius 1 is 1.12 bits per heavy atom. The predicted molar refractivity (Wildman–Crippen MR) is 116 cm³/mol. The highest BCUT2D eigenvalue weighted by Crippen LogP contribution is 2.30. The minimum Gasteiger partial charge on any atom is -0.370 e. The van der Waals surface area contributed by atoms with Crippen molar-refractivity contribution in [2.75, 3.05) is 25.4 Å².